The largest absolute Gasteiger partial charge is 0.542 e. The van der Waals surface area contributed by atoms with Crippen LogP contribution in [0.25, 0.3) is 0 Å². The zero-order valence-electron chi connectivity index (χ0n) is 12.6. The SMILES string of the molecule is [B]OC(=O)[C@H]1C(=C)C(=C)S[C@@H]2[C@H](NC(=O)Cc3cccs3)C(=O)N12. The summed E-state index contributed by atoms with van der Waals surface area (Å²) < 4.78 is 4.27. The lowest BCUT2D eigenvalue weighted by Crippen LogP contribution is -2.74. The van der Waals surface area contributed by atoms with E-state index in [9.17, 15) is 14.4 Å². The molecule has 6 nitrogen and oxygen atoms in total. The van der Waals surface area contributed by atoms with Crippen LogP contribution in [0.3, 0.4) is 0 Å². The number of thiophene rings is 1. The number of nitrogens with zero attached hydrogens (tertiary/aromatic N) is 1. The van der Waals surface area contributed by atoms with Crippen molar-refractivity contribution < 1.29 is 19.0 Å². The number of carbonyl (C=O) groups excluding carboxylic acids is 3. The van der Waals surface area contributed by atoms with Crippen molar-refractivity contribution in [3.8, 4) is 0 Å². The van der Waals surface area contributed by atoms with E-state index >= 15 is 0 Å². The number of carbonyl (C=O) groups is 3. The molecule has 2 saturated heterocycles. The highest BCUT2D eigenvalue weighted by Gasteiger charge is 2.57. The van der Waals surface area contributed by atoms with Crippen LogP contribution in [0.5, 0.6) is 0 Å². The summed E-state index contributed by atoms with van der Waals surface area (Å²) in [6.07, 6.45) is 0.209. The molecule has 122 valence electrons. The first-order chi connectivity index (χ1) is 11.4. The van der Waals surface area contributed by atoms with Gasteiger partial charge in [-0.1, -0.05) is 31.0 Å². The van der Waals surface area contributed by atoms with Gasteiger partial charge in [0.1, 0.15) is 11.4 Å². The van der Waals surface area contributed by atoms with Gasteiger partial charge in [-0.2, -0.15) is 0 Å². The van der Waals surface area contributed by atoms with E-state index < -0.39 is 23.4 Å². The van der Waals surface area contributed by atoms with Crippen molar-refractivity contribution in [2.24, 2.45) is 0 Å². The molecule has 24 heavy (non-hydrogen) atoms. The number of rotatable bonds is 4. The number of β-lactam (4-membered cyclic amide) rings is 1. The van der Waals surface area contributed by atoms with Crippen molar-refractivity contribution in [1.82, 2.24) is 10.2 Å². The minimum atomic E-state index is -0.994. The second kappa shape index (κ2) is 6.48. The molecule has 0 aliphatic carbocycles. The molecule has 3 atom stereocenters. The maximum atomic E-state index is 12.4. The molecule has 1 N–H and O–H groups in total. The van der Waals surface area contributed by atoms with E-state index in [0.29, 0.717) is 10.5 Å². The minimum absolute atomic E-state index is 0.209. The molecule has 0 aromatic carbocycles. The number of thioether (sulfide) groups is 1. The summed E-state index contributed by atoms with van der Waals surface area (Å²) in [5, 5.41) is 4.18. The second-order valence-corrected chi connectivity index (χ2v) is 7.59. The number of fused-ring (bicyclic) bond motifs is 1. The van der Waals surface area contributed by atoms with E-state index in [2.05, 4.69) is 23.1 Å². The summed E-state index contributed by atoms with van der Waals surface area (Å²) in [4.78, 5) is 39.2. The number of nitrogens with one attached hydrogen (secondary N) is 1. The van der Waals surface area contributed by atoms with Crippen LogP contribution in [0, 0.1) is 0 Å². The summed E-state index contributed by atoms with van der Waals surface area (Å²) >= 11 is 2.76. The highest BCUT2D eigenvalue weighted by atomic mass is 32.2. The Hall–Kier alpha value is -2.00. The van der Waals surface area contributed by atoms with Crippen LogP contribution in [0.15, 0.2) is 41.1 Å². The van der Waals surface area contributed by atoms with E-state index in [1.807, 2.05) is 17.5 Å². The zero-order valence-corrected chi connectivity index (χ0v) is 14.2. The van der Waals surface area contributed by atoms with E-state index in [-0.39, 0.29) is 18.2 Å². The highest BCUT2D eigenvalue weighted by molar-refractivity contribution is 8.04. The molecule has 0 bridgehead atoms. The van der Waals surface area contributed by atoms with Crippen molar-refractivity contribution in [2.45, 2.75) is 23.9 Å². The molecule has 0 unspecified atom stereocenters. The van der Waals surface area contributed by atoms with Crippen molar-refractivity contribution in [2.75, 3.05) is 0 Å². The van der Waals surface area contributed by atoms with Crippen molar-refractivity contribution in [3.05, 3.63) is 46.0 Å². The van der Waals surface area contributed by atoms with E-state index in [1.54, 1.807) is 0 Å². The Morgan fingerprint density at radius 3 is 2.79 bits per heavy atom. The van der Waals surface area contributed by atoms with Crippen LogP contribution >= 0.6 is 23.1 Å². The number of hydrogen-bond donors (Lipinski definition) is 1. The Bertz CT molecular complexity index is 734. The summed E-state index contributed by atoms with van der Waals surface area (Å²) in [6.45, 7) is 7.62. The molecule has 2 radical (unpaired) electrons. The van der Waals surface area contributed by atoms with Crippen molar-refractivity contribution in [1.29, 1.82) is 0 Å². The van der Waals surface area contributed by atoms with Gasteiger partial charge in [0, 0.05) is 9.78 Å². The molecule has 1 aromatic heterocycles. The van der Waals surface area contributed by atoms with Gasteiger partial charge in [0.05, 0.1) is 6.42 Å². The van der Waals surface area contributed by atoms with Crippen LogP contribution in [0.4, 0.5) is 0 Å². The van der Waals surface area contributed by atoms with Crippen molar-refractivity contribution in [3.63, 3.8) is 0 Å². The van der Waals surface area contributed by atoms with Gasteiger partial charge in [0.25, 0.3) is 0 Å². The molecule has 3 heterocycles. The molecule has 0 spiro atoms. The normalized spacial score (nSPS) is 25.8. The molecule has 2 aliphatic heterocycles. The Balaban J connectivity index is 1.71. The van der Waals surface area contributed by atoms with Gasteiger partial charge in [-0.25, -0.2) is 0 Å². The highest BCUT2D eigenvalue weighted by Crippen LogP contribution is 2.45. The first-order valence-electron chi connectivity index (χ1n) is 7.03. The second-order valence-electron chi connectivity index (χ2n) is 5.34. The molecule has 3 rings (SSSR count). The standard InChI is InChI=1S/C15H13BN2O4S2/c1-7-8(2)24-14-11(13(20)18(14)12(7)15(21)22-16)17-10(19)6-9-4-3-5-23-9/h3-5,11-12,14H,1-2,6H2,(H,17,19)/t11-,12-,14-/m1/s1. The maximum absolute atomic E-state index is 12.4. The minimum Gasteiger partial charge on any atom is -0.542 e. The summed E-state index contributed by atoms with van der Waals surface area (Å²) in [5.41, 5.74) is 0.378. The van der Waals surface area contributed by atoms with Gasteiger partial charge in [-0.15, -0.1) is 11.3 Å². The predicted molar refractivity (Wildman–Crippen MR) is 92.1 cm³/mol. The first kappa shape index (κ1) is 16.8. The Morgan fingerprint density at radius 1 is 1.42 bits per heavy atom. The molecule has 2 fully saturated rings. The summed E-state index contributed by atoms with van der Waals surface area (Å²) in [6, 6.07) is 2.01. The van der Waals surface area contributed by atoms with E-state index in [4.69, 9.17) is 8.05 Å². The summed E-state index contributed by atoms with van der Waals surface area (Å²) in [5.74, 6) is -1.39. The summed E-state index contributed by atoms with van der Waals surface area (Å²) in [7, 11) is 4.95. The average molecular weight is 360 g/mol. The van der Waals surface area contributed by atoms with E-state index in [1.165, 1.54) is 28.0 Å². The predicted octanol–water partition coefficient (Wildman–Crippen LogP) is 0.756. The van der Waals surface area contributed by atoms with E-state index in [0.717, 1.165) is 4.88 Å². The average Bonchev–Trinajstić information content (AvgIpc) is 3.07. The van der Waals surface area contributed by atoms with Gasteiger partial charge in [-0.05, 0) is 17.0 Å². The van der Waals surface area contributed by atoms with Crippen LogP contribution in [-0.4, -0.2) is 48.2 Å². The fourth-order valence-electron chi connectivity index (χ4n) is 2.68. The topological polar surface area (TPSA) is 75.7 Å². The third kappa shape index (κ3) is 2.78. The van der Waals surface area contributed by atoms with Crippen LogP contribution in [-0.2, 0) is 25.5 Å². The Morgan fingerprint density at radius 2 is 2.17 bits per heavy atom. The zero-order chi connectivity index (χ0) is 17.4. The van der Waals surface area contributed by atoms with Gasteiger partial charge in [0.15, 0.2) is 6.04 Å². The molecule has 2 amide bonds. The van der Waals surface area contributed by atoms with Gasteiger partial charge in [-0.3, -0.25) is 14.4 Å². The lowest BCUT2D eigenvalue weighted by molar-refractivity contribution is -0.158. The molecule has 0 saturated carbocycles. The third-order valence-corrected chi connectivity index (χ3v) is 6.04. The van der Waals surface area contributed by atoms with Gasteiger partial charge in [0.2, 0.25) is 11.8 Å². The molecular formula is C15H13BN2O4S2. The van der Waals surface area contributed by atoms with Gasteiger partial charge < -0.3 is 14.9 Å². The van der Waals surface area contributed by atoms with Crippen LogP contribution in [0.1, 0.15) is 4.88 Å². The maximum Gasteiger partial charge on any atom is 0.378 e. The smallest absolute Gasteiger partial charge is 0.378 e. The monoisotopic (exact) mass is 360 g/mol. The number of hydrogen-bond acceptors (Lipinski definition) is 6. The molecule has 2 aliphatic rings. The van der Waals surface area contributed by atoms with Gasteiger partial charge >= 0.3 is 14.0 Å². The molecule has 9 heteroatoms. The lowest BCUT2D eigenvalue weighted by Gasteiger charge is -2.53. The lowest BCUT2D eigenvalue weighted by atomic mass is 9.97. The third-order valence-electron chi connectivity index (χ3n) is 3.88. The first-order valence-corrected chi connectivity index (χ1v) is 8.79. The number of amides is 2. The fourth-order valence-corrected chi connectivity index (χ4v) is 4.59. The quantitative estimate of drug-likeness (QED) is 0.634. The molecular weight excluding hydrogens is 347 g/mol. The van der Waals surface area contributed by atoms with Crippen LogP contribution in [0.2, 0.25) is 0 Å². The Labute approximate surface area is 148 Å². The fraction of sp³-hybridized carbons (Fsp3) is 0.267. The molecule has 1 aromatic rings. The Kier molecular flexibility index (Phi) is 4.55. The van der Waals surface area contributed by atoms with Crippen molar-refractivity contribution >= 4 is 48.9 Å². The van der Waals surface area contributed by atoms with Crippen LogP contribution < -0.4 is 5.32 Å².